The first-order valence-corrected chi connectivity index (χ1v) is 6.88. The fourth-order valence-electron chi connectivity index (χ4n) is 2.58. The summed E-state index contributed by atoms with van der Waals surface area (Å²) in [6.07, 6.45) is 5.59. The smallest absolute Gasteiger partial charge is 0.248 e. The number of hydrogen-bond donors (Lipinski definition) is 1. The third kappa shape index (κ3) is 2.01. The summed E-state index contributed by atoms with van der Waals surface area (Å²) in [5, 5.41) is 3.41. The van der Waals surface area contributed by atoms with Crippen molar-refractivity contribution in [3.05, 3.63) is 11.1 Å². The number of thiazole rings is 1. The van der Waals surface area contributed by atoms with Crippen LogP contribution in [0.4, 0.5) is 5.13 Å². The van der Waals surface area contributed by atoms with Crippen molar-refractivity contribution in [2.45, 2.75) is 32.2 Å². The molecule has 2 aliphatic rings. The van der Waals surface area contributed by atoms with E-state index in [1.54, 1.807) is 11.1 Å². The highest BCUT2D eigenvalue weighted by molar-refractivity contribution is 7.15. The molecule has 2 heterocycles. The maximum atomic E-state index is 12.2. The number of carbonyl (C=O) groups excluding carboxylic acids is 2. The normalized spacial score (nSPS) is 24.3. The highest BCUT2D eigenvalue weighted by Gasteiger charge is 2.53. The molecule has 1 saturated carbocycles. The topological polar surface area (TPSA) is 62.3 Å². The third-order valence-electron chi connectivity index (χ3n) is 3.79. The summed E-state index contributed by atoms with van der Waals surface area (Å²) in [4.78, 5) is 30.0. The van der Waals surface area contributed by atoms with Crippen molar-refractivity contribution in [3.8, 4) is 0 Å². The Balaban J connectivity index is 1.70. The Morgan fingerprint density at radius 3 is 3.00 bits per heavy atom. The molecule has 96 valence electrons. The SMILES string of the molecule is Cc1cnc(NC(=O)C2CC3(CC3)CN2C=O)s1. The summed E-state index contributed by atoms with van der Waals surface area (Å²) in [6, 6.07) is -0.325. The van der Waals surface area contributed by atoms with Crippen molar-refractivity contribution in [2.24, 2.45) is 5.41 Å². The summed E-state index contributed by atoms with van der Waals surface area (Å²) in [5.41, 5.74) is 0.238. The van der Waals surface area contributed by atoms with Gasteiger partial charge in [0.05, 0.1) is 0 Å². The largest absolute Gasteiger partial charge is 0.333 e. The number of aromatic nitrogens is 1. The minimum absolute atomic E-state index is 0.111. The number of nitrogens with one attached hydrogen (secondary N) is 1. The van der Waals surface area contributed by atoms with Crippen LogP contribution in [0.3, 0.4) is 0 Å². The predicted molar refractivity (Wildman–Crippen MR) is 68.3 cm³/mol. The fourth-order valence-corrected chi connectivity index (χ4v) is 3.25. The molecule has 1 aliphatic heterocycles. The van der Waals surface area contributed by atoms with Crippen LogP contribution in [-0.4, -0.2) is 34.8 Å². The Labute approximate surface area is 109 Å². The van der Waals surface area contributed by atoms with Gasteiger partial charge in [-0.2, -0.15) is 0 Å². The molecular weight excluding hydrogens is 250 g/mol. The Morgan fingerprint density at radius 2 is 2.44 bits per heavy atom. The third-order valence-corrected chi connectivity index (χ3v) is 4.62. The van der Waals surface area contributed by atoms with Gasteiger partial charge in [-0.1, -0.05) is 0 Å². The molecule has 1 unspecified atom stereocenters. The number of nitrogens with zero attached hydrogens (tertiary/aromatic N) is 2. The van der Waals surface area contributed by atoms with Crippen molar-refractivity contribution in [1.82, 2.24) is 9.88 Å². The summed E-state index contributed by atoms with van der Waals surface area (Å²) in [6.45, 7) is 2.67. The van der Waals surface area contributed by atoms with E-state index in [-0.39, 0.29) is 17.4 Å². The highest BCUT2D eigenvalue weighted by Crippen LogP contribution is 2.54. The molecule has 0 radical (unpaired) electrons. The molecule has 1 atom stereocenters. The summed E-state index contributed by atoms with van der Waals surface area (Å²) in [7, 11) is 0. The molecule has 1 N–H and O–H groups in total. The van der Waals surface area contributed by atoms with Crippen molar-refractivity contribution in [3.63, 3.8) is 0 Å². The number of rotatable bonds is 3. The van der Waals surface area contributed by atoms with Gasteiger partial charge in [0.1, 0.15) is 6.04 Å². The average Bonchev–Trinajstić information content (AvgIpc) is 2.79. The molecule has 1 spiro atoms. The zero-order chi connectivity index (χ0) is 12.8. The second-order valence-corrected chi connectivity index (χ2v) is 6.50. The minimum Gasteiger partial charge on any atom is -0.333 e. The molecule has 1 saturated heterocycles. The van der Waals surface area contributed by atoms with Crippen LogP contribution in [0, 0.1) is 12.3 Å². The van der Waals surface area contributed by atoms with Gasteiger partial charge >= 0.3 is 0 Å². The van der Waals surface area contributed by atoms with Crippen LogP contribution in [0.15, 0.2) is 6.20 Å². The number of anilines is 1. The molecule has 6 heteroatoms. The second kappa shape index (κ2) is 4.05. The molecule has 5 nitrogen and oxygen atoms in total. The zero-order valence-electron chi connectivity index (χ0n) is 10.2. The van der Waals surface area contributed by atoms with E-state index >= 15 is 0 Å². The van der Waals surface area contributed by atoms with E-state index in [4.69, 9.17) is 0 Å². The lowest BCUT2D eigenvalue weighted by molar-refractivity contribution is -0.127. The minimum atomic E-state index is -0.325. The van der Waals surface area contributed by atoms with Crippen molar-refractivity contribution >= 4 is 28.8 Å². The maximum Gasteiger partial charge on any atom is 0.248 e. The molecule has 0 bridgehead atoms. The number of carbonyl (C=O) groups is 2. The van der Waals surface area contributed by atoms with Crippen LogP contribution in [0.2, 0.25) is 0 Å². The molecule has 1 aliphatic carbocycles. The Hall–Kier alpha value is -1.43. The molecular formula is C12H15N3O2S. The number of likely N-dealkylation sites (tertiary alicyclic amines) is 1. The van der Waals surface area contributed by atoms with Crippen LogP contribution >= 0.6 is 11.3 Å². The van der Waals surface area contributed by atoms with Crippen LogP contribution in [0.25, 0.3) is 0 Å². The van der Waals surface area contributed by atoms with E-state index in [9.17, 15) is 9.59 Å². The first-order chi connectivity index (χ1) is 8.62. The van der Waals surface area contributed by atoms with Crippen molar-refractivity contribution in [2.75, 3.05) is 11.9 Å². The zero-order valence-corrected chi connectivity index (χ0v) is 11.0. The van der Waals surface area contributed by atoms with E-state index in [1.807, 2.05) is 6.92 Å². The highest BCUT2D eigenvalue weighted by atomic mass is 32.1. The van der Waals surface area contributed by atoms with E-state index in [2.05, 4.69) is 10.3 Å². The maximum absolute atomic E-state index is 12.2. The van der Waals surface area contributed by atoms with Crippen molar-refractivity contribution in [1.29, 1.82) is 0 Å². The number of aryl methyl sites for hydroxylation is 1. The Kier molecular flexibility index (Phi) is 2.62. The molecule has 1 aromatic heterocycles. The van der Waals surface area contributed by atoms with Crippen molar-refractivity contribution < 1.29 is 9.59 Å². The Morgan fingerprint density at radius 1 is 1.67 bits per heavy atom. The van der Waals surface area contributed by atoms with Gasteiger partial charge in [-0.3, -0.25) is 9.59 Å². The van der Waals surface area contributed by atoms with Gasteiger partial charge in [-0.05, 0) is 31.6 Å². The second-order valence-electron chi connectivity index (χ2n) is 5.26. The molecule has 18 heavy (non-hydrogen) atoms. The molecule has 2 fully saturated rings. The van der Waals surface area contributed by atoms with Crippen LogP contribution in [-0.2, 0) is 9.59 Å². The first kappa shape index (κ1) is 11.6. The van der Waals surface area contributed by atoms with E-state index < -0.39 is 0 Å². The lowest BCUT2D eigenvalue weighted by atomic mass is 10.0. The quantitative estimate of drug-likeness (QED) is 0.840. The van der Waals surface area contributed by atoms with Crippen LogP contribution < -0.4 is 5.32 Å². The number of hydrogen-bond acceptors (Lipinski definition) is 4. The first-order valence-electron chi connectivity index (χ1n) is 6.06. The standard InChI is InChI=1S/C12H15N3O2S/c1-8-5-13-11(18-8)14-10(17)9-4-12(2-3-12)6-15(9)7-16/h5,7,9H,2-4,6H2,1H3,(H,13,14,17). The average molecular weight is 265 g/mol. The van der Waals surface area contributed by atoms with Gasteiger partial charge in [0.15, 0.2) is 5.13 Å². The monoisotopic (exact) mass is 265 g/mol. The summed E-state index contributed by atoms with van der Waals surface area (Å²) in [5.74, 6) is -0.111. The fraction of sp³-hybridized carbons (Fsp3) is 0.583. The molecule has 2 amide bonds. The summed E-state index contributed by atoms with van der Waals surface area (Å²) < 4.78 is 0. The van der Waals surface area contributed by atoms with Gasteiger partial charge in [0, 0.05) is 17.6 Å². The van der Waals surface area contributed by atoms with Gasteiger partial charge in [0.25, 0.3) is 0 Å². The summed E-state index contributed by atoms with van der Waals surface area (Å²) >= 11 is 1.45. The molecule has 1 aromatic rings. The lowest BCUT2D eigenvalue weighted by Gasteiger charge is -2.17. The van der Waals surface area contributed by atoms with E-state index in [0.29, 0.717) is 5.13 Å². The predicted octanol–water partition coefficient (Wildman–Crippen LogP) is 1.40. The molecule has 3 rings (SSSR count). The van der Waals surface area contributed by atoms with Gasteiger partial charge in [-0.25, -0.2) is 4.98 Å². The van der Waals surface area contributed by atoms with E-state index in [0.717, 1.165) is 37.1 Å². The Bertz CT molecular complexity index is 495. The van der Waals surface area contributed by atoms with E-state index in [1.165, 1.54) is 11.3 Å². The number of amides is 2. The molecule has 0 aromatic carbocycles. The van der Waals surface area contributed by atoms with Gasteiger partial charge < -0.3 is 10.2 Å². The van der Waals surface area contributed by atoms with Crippen LogP contribution in [0.5, 0.6) is 0 Å². The van der Waals surface area contributed by atoms with Gasteiger partial charge in [0.2, 0.25) is 12.3 Å². The van der Waals surface area contributed by atoms with Gasteiger partial charge in [-0.15, -0.1) is 11.3 Å². The van der Waals surface area contributed by atoms with Crippen LogP contribution in [0.1, 0.15) is 24.1 Å². The lowest BCUT2D eigenvalue weighted by Crippen LogP contribution is -2.38.